The summed E-state index contributed by atoms with van der Waals surface area (Å²) in [6.07, 6.45) is 8.13. The molecule has 2 heteroatoms. The lowest BCUT2D eigenvalue weighted by atomic mass is 9.85. The van der Waals surface area contributed by atoms with E-state index in [1.54, 1.807) is 13.0 Å². The van der Waals surface area contributed by atoms with Crippen LogP contribution in [0.25, 0.3) is 0 Å². The number of halogens is 1. The van der Waals surface area contributed by atoms with Crippen LogP contribution in [0.4, 0.5) is 4.39 Å². The Morgan fingerprint density at radius 2 is 2.00 bits per heavy atom. The minimum absolute atomic E-state index is 0.165. The molecule has 0 unspecified atom stereocenters. The van der Waals surface area contributed by atoms with E-state index in [0.29, 0.717) is 12.0 Å². The number of hydrogen-bond donors (Lipinski definition) is 0. The zero-order valence-corrected chi connectivity index (χ0v) is 11.0. The van der Waals surface area contributed by atoms with Gasteiger partial charge in [0.2, 0.25) is 0 Å². The molecule has 98 valence electrons. The van der Waals surface area contributed by atoms with Crippen molar-refractivity contribution in [2.45, 2.75) is 51.9 Å². The van der Waals surface area contributed by atoms with Crippen LogP contribution in [0.1, 0.15) is 60.9 Å². The van der Waals surface area contributed by atoms with Crippen molar-refractivity contribution in [2.24, 2.45) is 5.92 Å². The summed E-state index contributed by atoms with van der Waals surface area (Å²) in [7, 11) is 0. The number of aryl methyl sites for hydroxylation is 1. The molecular weight excluding hydrogens is 227 g/mol. The Labute approximate surface area is 108 Å². The Morgan fingerprint density at radius 1 is 1.28 bits per heavy atom. The lowest BCUT2D eigenvalue weighted by molar-refractivity contribution is 0.0969. The maximum atomic E-state index is 13.0. The van der Waals surface area contributed by atoms with E-state index in [1.807, 2.05) is 0 Å². The lowest BCUT2D eigenvalue weighted by Gasteiger charge is -2.21. The zero-order valence-electron chi connectivity index (χ0n) is 11.0. The molecule has 1 aromatic rings. The molecule has 0 spiro atoms. The second-order valence-electron chi connectivity index (χ2n) is 5.43. The van der Waals surface area contributed by atoms with Crippen LogP contribution in [-0.4, -0.2) is 5.78 Å². The van der Waals surface area contributed by atoms with Crippen molar-refractivity contribution < 1.29 is 9.18 Å². The average Bonchev–Trinajstić information content (AvgIpc) is 2.37. The fraction of sp³-hybridized carbons (Fsp3) is 0.562. The third-order valence-electron chi connectivity index (χ3n) is 3.99. The molecule has 0 aliphatic heterocycles. The van der Waals surface area contributed by atoms with E-state index in [0.717, 1.165) is 17.9 Å². The van der Waals surface area contributed by atoms with Crippen molar-refractivity contribution in [3.05, 3.63) is 35.1 Å². The van der Waals surface area contributed by atoms with Crippen LogP contribution in [0, 0.1) is 18.7 Å². The van der Waals surface area contributed by atoms with Crippen molar-refractivity contribution in [1.82, 2.24) is 0 Å². The van der Waals surface area contributed by atoms with Crippen LogP contribution in [0.3, 0.4) is 0 Å². The van der Waals surface area contributed by atoms with Crippen LogP contribution in [0.2, 0.25) is 0 Å². The topological polar surface area (TPSA) is 17.1 Å². The van der Waals surface area contributed by atoms with E-state index in [2.05, 4.69) is 0 Å². The van der Waals surface area contributed by atoms with Crippen LogP contribution < -0.4 is 0 Å². The first-order chi connectivity index (χ1) is 8.66. The Kier molecular flexibility index (Phi) is 4.51. The number of Topliss-reactive ketones (excluding diaryl/α,β-unsaturated/α-hetero) is 1. The predicted octanol–water partition coefficient (Wildman–Crippen LogP) is 4.68. The standard InChI is InChI=1S/C16H21FO/c1-12-11-14(17)8-9-15(12)16(18)10-7-13-5-3-2-4-6-13/h8-9,11,13H,2-7,10H2,1H3. The molecule has 0 heterocycles. The summed E-state index contributed by atoms with van der Waals surface area (Å²) in [6.45, 7) is 1.80. The molecule has 1 aliphatic carbocycles. The fourth-order valence-electron chi connectivity index (χ4n) is 2.89. The number of carbonyl (C=O) groups is 1. The smallest absolute Gasteiger partial charge is 0.163 e. The quantitative estimate of drug-likeness (QED) is 0.707. The molecule has 1 aliphatic rings. The van der Waals surface area contributed by atoms with E-state index in [1.165, 1.54) is 44.2 Å². The molecule has 1 nitrogen and oxygen atoms in total. The third kappa shape index (κ3) is 3.41. The Bertz CT molecular complexity index is 419. The summed E-state index contributed by atoms with van der Waals surface area (Å²) in [5.74, 6) is 0.623. The fourth-order valence-corrected chi connectivity index (χ4v) is 2.89. The third-order valence-corrected chi connectivity index (χ3v) is 3.99. The summed E-state index contributed by atoms with van der Waals surface area (Å²) in [6, 6.07) is 4.43. The zero-order chi connectivity index (χ0) is 13.0. The molecular formula is C16H21FO. The van der Waals surface area contributed by atoms with Gasteiger partial charge in [0.25, 0.3) is 0 Å². The van der Waals surface area contributed by atoms with E-state index in [-0.39, 0.29) is 11.6 Å². The first-order valence-electron chi connectivity index (χ1n) is 6.96. The van der Waals surface area contributed by atoms with Gasteiger partial charge in [-0.2, -0.15) is 0 Å². The molecule has 2 rings (SSSR count). The minimum Gasteiger partial charge on any atom is -0.294 e. The van der Waals surface area contributed by atoms with Gasteiger partial charge in [-0.1, -0.05) is 32.1 Å². The van der Waals surface area contributed by atoms with Crippen molar-refractivity contribution in [3.63, 3.8) is 0 Å². The second kappa shape index (κ2) is 6.12. The number of carbonyl (C=O) groups excluding carboxylic acids is 1. The molecule has 1 fully saturated rings. The van der Waals surface area contributed by atoms with Crippen molar-refractivity contribution >= 4 is 5.78 Å². The normalized spacial score (nSPS) is 16.8. The lowest BCUT2D eigenvalue weighted by Crippen LogP contribution is -2.10. The van der Waals surface area contributed by atoms with Gasteiger partial charge in [-0.05, 0) is 43.0 Å². The van der Waals surface area contributed by atoms with Crippen LogP contribution >= 0.6 is 0 Å². The van der Waals surface area contributed by atoms with Crippen molar-refractivity contribution in [1.29, 1.82) is 0 Å². The SMILES string of the molecule is Cc1cc(F)ccc1C(=O)CCC1CCCCC1. The van der Waals surface area contributed by atoms with E-state index in [4.69, 9.17) is 0 Å². The largest absolute Gasteiger partial charge is 0.294 e. The summed E-state index contributed by atoms with van der Waals surface area (Å²) in [5.41, 5.74) is 1.44. The Balaban J connectivity index is 1.90. The molecule has 1 saturated carbocycles. The molecule has 0 amide bonds. The molecule has 0 radical (unpaired) electrons. The average molecular weight is 248 g/mol. The van der Waals surface area contributed by atoms with Gasteiger partial charge in [0.05, 0.1) is 0 Å². The molecule has 0 atom stereocenters. The van der Waals surface area contributed by atoms with Gasteiger partial charge < -0.3 is 0 Å². The number of hydrogen-bond acceptors (Lipinski definition) is 1. The Morgan fingerprint density at radius 3 is 2.67 bits per heavy atom. The number of benzene rings is 1. The number of rotatable bonds is 4. The van der Waals surface area contributed by atoms with Gasteiger partial charge in [-0.25, -0.2) is 4.39 Å². The molecule has 1 aromatic carbocycles. The summed E-state index contributed by atoms with van der Waals surface area (Å²) >= 11 is 0. The minimum atomic E-state index is -0.267. The Hall–Kier alpha value is -1.18. The van der Waals surface area contributed by atoms with Crippen molar-refractivity contribution in [3.8, 4) is 0 Å². The van der Waals surface area contributed by atoms with Gasteiger partial charge in [0, 0.05) is 12.0 Å². The van der Waals surface area contributed by atoms with Gasteiger partial charge in [-0.3, -0.25) is 4.79 Å². The maximum absolute atomic E-state index is 13.0. The van der Waals surface area contributed by atoms with E-state index < -0.39 is 0 Å². The monoisotopic (exact) mass is 248 g/mol. The molecule has 0 saturated heterocycles. The van der Waals surface area contributed by atoms with Gasteiger partial charge >= 0.3 is 0 Å². The summed E-state index contributed by atoms with van der Waals surface area (Å²) < 4.78 is 13.0. The van der Waals surface area contributed by atoms with Crippen LogP contribution in [0.5, 0.6) is 0 Å². The highest BCUT2D eigenvalue weighted by atomic mass is 19.1. The van der Waals surface area contributed by atoms with Crippen molar-refractivity contribution in [2.75, 3.05) is 0 Å². The summed E-state index contributed by atoms with van der Waals surface area (Å²) in [5, 5.41) is 0. The molecule has 0 bridgehead atoms. The predicted molar refractivity (Wildman–Crippen MR) is 71.3 cm³/mol. The van der Waals surface area contributed by atoms with Gasteiger partial charge in [0.15, 0.2) is 5.78 Å². The van der Waals surface area contributed by atoms with Crippen LogP contribution in [-0.2, 0) is 0 Å². The summed E-state index contributed by atoms with van der Waals surface area (Å²) in [4.78, 5) is 12.1. The van der Waals surface area contributed by atoms with Crippen LogP contribution in [0.15, 0.2) is 18.2 Å². The maximum Gasteiger partial charge on any atom is 0.163 e. The highest BCUT2D eigenvalue weighted by Gasteiger charge is 2.16. The highest BCUT2D eigenvalue weighted by molar-refractivity contribution is 5.97. The first-order valence-corrected chi connectivity index (χ1v) is 6.96. The second-order valence-corrected chi connectivity index (χ2v) is 5.43. The molecule has 18 heavy (non-hydrogen) atoms. The highest BCUT2D eigenvalue weighted by Crippen LogP contribution is 2.28. The van der Waals surface area contributed by atoms with E-state index in [9.17, 15) is 9.18 Å². The number of ketones is 1. The van der Waals surface area contributed by atoms with Gasteiger partial charge in [-0.15, -0.1) is 0 Å². The first kappa shape index (κ1) is 13.3. The molecule has 0 aromatic heterocycles. The van der Waals surface area contributed by atoms with E-state index >= 15 is 0 Å². The molecule has 0 N–H and O–H groups in total. The van der Waals surface area contributed by atoms with Gasteiger partial charge in [0.1, 0.15) is 5.82 Å².